The molecule has 5 N–H and O–H groups in total. The van der Waals surface area contributed by atoms with Gasteiger partial charge < -0.3 is 21.1 Å². The van der Waals surface area contributed by atoms with E-state index in [1.165, 1.54) is 30.7 Å². The topological polar surface area (TPSA) is 145 Å². The smallest absolute Gasteiger partial charge is 0.337 e. The summed E-state index contributed by atoms with van der Waals surface area (Å²) < 4.78 is 0. The van der Waals surface area contributed by atoms with Gasteiger partial charge in [-0.3, -0.25) is 15.1 Å². The molecule has 3 rings (SSSR count). The molecule has 10 nitrogen and oxygen atoms in total. The number of hydrogen-bond donors (Lipinski definition) is 5. The number of anilines is 4. The number of urea groups is 1. The van der Waals surface area contributed by atoms with Crippen molar-refractivity contribution >= 4 is 40.8 Å². The van der Waals surface area contributed by atoms with Crippen molar-refractivity contribution in [3.63, 3.8) is 0 Å². The number of carboxylic acids is 1. The molecule has 0 atom stereocenters. The van der Waals surface area contributed by atoms with Gasteiger partial charge in [0.1, 0.15) is 5.82 Å². The van der Waals surface area contributed by atoms with Gasteiger partial charge in [-0.15, -0.1) is 0 Å². The van der Waals surface area contributed by atoms with E-state index in [1.54, 1.807) is 6.92 Å². The Kier molecular flexibility index (Phi) is 6.74. The highest BCUT2D eigenvalue weighted by molar-refractivity contribution is 6.09. The van der Waals surface area contributed by atoms with Crippen LogP contribution in [0.1, 0.15) is 27.6 Å². The van der Waals surface area contributed by atoms with Crippen molar-refractivity contribution in [2.75, 3.05) is 22.5 Å². The fourth-order valence-electron chi connectivity index (χ4n) is 2.63. The molecule has 0 aliphatic heterocycles. The average Bonchev–Trinajstić information content (AvgIpc) is 2.75. The van der Waals surface area contributed by atoms with Crippen LogP contribution < -0.4 is 21.3 Å². The van der Waals surface area contributed by atoms with E-state index in [2.05, 4.69) is 31.2 Å². The van der Waals surface area contributed by atoms with Crippen LogP contribution in [-0.4, -0.2) is 39.5 Å². The van der Waals surface area contributed by atoms with Crippen LogP contribution in [0.15, 0.2) is 61.1 Å². The number of para-hydroxylation sites is 1. The van der Waals surface area contributed by atoms with E-state index in [1.807, 2.05) is 30.3 Å². The highest BCUT2D eigenvalue weighted by Crippen LogP contribution is 2.24. The molecule has 0 radical (unpaired) electrons. The van der Waals surface area contributed by atoms with Gasteiger partial charge in [-0.1, -0.05) is 18.2 Å². The number of nitrogens with zero attached hydrogens (tertiary/aromatic N) is 2. The third-order valence-corrected chi connectivity index (χ3v) is 4.02. The molecule has 0 aliphatic carbocycles. The van der Waals surface area contributed by atoms with Crippen molar-refractivity contribution < 1.29 is 19.5 Å². The fraction of sp³-hybridized carbons (Fsp3) is 0.0952. The predicted octanol–water partition coefficient (Wildman–Crippen LogP) is 3.31. The summed E-state index contributed by atoms with van der Waals surface area (Å²) in [5.41, 5.74) is 1.47. The number of carbonyl (C=O) groups excluding carboxylic acids is 2. The van der Waals surface area contributed by atoms with Gasteiger partial charge in [-0.25, -0.2) is 14.6 Å². The molecular weight excluding hydrogens is 400 g/mol. The first-order valence-electron chi connectivity index (χ1n) is 9.33. The Hall–Kier alpha value is -4.47. The number of carboxylic acid groups (broad SMARTS) is 1. The third-order valence-electron chi connectivity index (χ3n) is 4.02. The van der Waals surface area contributed by atoms with Crippen LogP contribution in [0.4, 0.5) is 27.7 Å². The van der Waals surface area contributed by atoms with Gasteiger partial charge in [0, 0.05) is 30.7 Å². The van der Waals surface area contributed by atoms with Gasteiger partial charge in [0.25, 0.3) is 5.91 Å². The van der Waals surface area contributed by atoms with Gasteiger partial charge in [0.2, 0.25) is 0 Å². The maximum absolute atomic E-state index is 12.9. The molecule has 0 fully saturated rings. The molecule has 31 heavy (non-hydrogen) atoms. The molecule has 0 saturated carbocycles. The summed E-state index contributed by atoms with van der Waals surface area (Å²) in [4.78, 5) is 43.8. The van der Waals surface area contributed by atoms with Crippen LogP contribution in [0.25, 0.3) is 0 Å². The number of aromatic nitrogens is 2. The van der Waals surface area contributed by atoms with E-state index in [-0.39, 0.29) is 22.6 Å². The zero-order valence-electron chi connectivity index (χ0n) is 16.5. The number of amides is 3. The molecule has 0 bridgehead atoms. The third kappa shape index (κ3) is 5.76. The first-order chi connectivity index (χ1) is 15.0. The summed E-state index contributed by atoms with van der Waals surface area (Å²) in [5.74, 6) is -1.44. The number of hydrogen-bond acceptors (Lipinski definition) is 6. The second-order valence-corrected chi connectivity index (χ2v) is 6.31. The van der Waals surface area contributed by atoms with Gasteiger partial charge in [0.15, 0.2) is 0 Å². The molecule has 2 aromatic heterocycles. The fourth-order valence-corrected chi connectivity index (χ4v) is 2.63. The molecule has 2 heterocycles. The van der Waals surface area contributed by atoms with Crippen LogP contribution in [0.2, 0.25) is 0 Å². The molecule has 0 aliphatic rings. The predicted molar refractivity (Wildman–Crippen MR) is 116 cm³/mol. The maximum Gasteiger partial charge on any atom is 0.337 e. The Morgan fingerprint density at radius 1 is 0.968 bits per heavy atom. The zero-order chi connectivity index (χ0) is 22.2. The highest BCUT2D eigenvalue weighted by atomic mass is 16.4. The lowest BCUT2D eigenvalue weighted by atomic mass is 10.2. The average molecular weight is 420 g/mol. The minimum absolute atomic E-state index is 0.0555. The lowest BCUT2D eigenvalue weighted by molar-refractivity contribution is 0.0696. The summed E-state index contributed by atoms with van der Waals surface area (Å²) >= 11 is 0. The minimum atomic E-state index is -1.16. The van der Waals surface area contributed by atoms with Crippen molar-refractivity contribution in [3.05, 3.63) is 72.2 Å². The van der Waals surface area contributed by atoms with Gasteiger partial charge >= 0.3 is 12.0 Å². The summed E-state index contributed by atoms with van der Waals surface area (Å²) in [5, 5.41) is 20.0. The van der Waals surface area contributed by atoms with Crippen LogP contribution >= 0.6 is 0 Å². The van der Waals surface area contributed by atoms with Crippen LogP contribution in [-0.2, 0) is 0 Å². The molecule has 1 aromatic carbocycles. The van der Waals surface area contributed by atoms with Crippen LogP contribution in [0.3, 0.4) is 0 Å². The van der Waals surface area contributed by atoms with Crippen molar-refractivity contribution in [1.82, 2.24) is 15.3 Å². The lowest BCUT2D eigenvalue weighted by Gasteiger charge is -2.14. The summed E-state index contributed by atoms with van der Waals surface area (Å²) in [6.07, 6.45) is 3.84. The van der Waals surface area contributed by atoms with Crippen molar-refractivity contribution in [3.8, 4) is 0 Å². The minimum Gasteiger partial charge on any atom is -0.478 e. The number of nitrogens with one attached hydrogen (secondary N) is 4. The number of benzene rings is 1. The van der Waals surface area contributed by atoms with Gasteiger partial charge in [-0.05, 0) is 25.1 Å². The van der Waals surface area contributed by atoms with E-state index < -0.39 is 17.9 Å². The molecule has 3 amide bonds. The SMILES string of the molecule is CCNC(=O)Nc1cc(Nc2ccccc2)c(C(=O)Nc2cncc(C(=O)O)c2)cn1. The molecule has 0 spiro atoms. The molecular formula is C21H20N6O4. The quantitative estimate of drug-likeness (QED) is 0.394. The monoisotopic (exact) mass is 420 g/mol. The first kappa shape index (κ1) is 21.2. The van der Waals surface area contributed by atoms with Crippen molar-refractivity contribution in [2.45, 2.75) is 6.92 Å². The standard InChI is InChI=1S/C21H20N6O4/c1-2-23-21(31)27-18-9-17(25-14-6-4-3-5-7-14)16(12-24-18)19(28)26-15-8-13(20(29)30)10-22-11-15/h3-12H,2H2,1H3,(H,26,28)(H,29,30)(H3,23,24,25,27,31). The Balaban J connectivity index is 1.89. The number of pyridine rings is 2. The highest BCUT2D eigenvalue weighted by Gasteiger charge is 2.16. The zero-order valence-corrected chi connectivity index (χ0v) is 16.5. The Labute approximate surface area is 177 Å². The maximum atomic E-state index is 12.9. The van der Waals surface area contributed by atoms with Gasteiger partial charge in [-0.2, -0.15) is 0 Å². The molecule has 3 aromatic rings. The molecule has 0 saturated heterocycles. The number of rotatable bonds is 7. The normalized spacial score (nSPS) is 10.1. The van der Waals surface area contributed by atoms with E-state index in [4.69, 9.17) is 5.11 Å². The van der Waals surface area contributed by atoms with Crippen molar-refractivity contribution in [2.24, 2.45) is 0 Å². The molecule has 158 valence electrons. The van der Waals surface area contributed by atoms with Gasteiger partial charge in [0.05, 0.1) is 28.7 Å². The van der Waals surface area contributed by atoms with Crippen LogP contribution in [0, 0.1) is 0 Å². The first-order valence-corrected chi connectivity index (χ1v) is 9.33. The molecule has 10 heteroatoms. The number of aromatic carboxylic acids is 1. The lowest BCUT2D eigenvalue weighted by Crippen LogP contribution is -2.28. The second kappa shape index (κ2) is 9.83. The Morgan fingerprint density at radius 3 is 2.45 bits per heavy atom. The number of carbonyl (C=O) groups is 3. The summed E-state index contributed by atoms with van der Waals surface area (Å²) in [6.45, 7) is 2.24. The van der Waals surface area contributed by atoms with E-state index >= 15 is 0 Å². The Bertz CT molecular complexity index is 1100. The van der Waals surface area contributed by atoms with E-state index in [9.17, 15) is 14.4 Å². The second-order valence-electron chi connectivity index (χ2n) is 6.31. The van der Waals surface area contributed by atoms with Crippen molar-refractivity contribution in [1.29, 1.82) is 0 Å². The summed E-state index contributed by atoms with van der Waals surface area (Å²) in [6, 6.07) is 11.6. The summed E-state index contributed by atoms with van der Waals surface area (Å²) in [7, 11) is 0. The van der Waals surface area contributed by atoms with Crippen LogP contribution in [0.5, 0.6) is 0 Å². The van der Waals surface area contributed by atoms with E-state index in [0.717, 1.165) is 5.69 Å². The Morgan fingerprint density at radius 2 is 1.74 bits per heavy atom. The molecule has 0 unspecified atom stereocenters. The van der Waals surface area contributed by atoms with E-state index in [0.29, 0.717) is 12.2 Å². The largest absolute Gasteiger partial charge is 0.478 e.